The van der Waals surface area contributed by atoms with Gasteiger partial charge in [-0.25, -0.2) is 0 Å². The lowest BCUT2D eigenvalue weighted by Gasteiger charge is -2.11. The monoisotopic (exact) mass is 204 g/mol. The molecule has 0 aliphatic carbocycles. The van der Waals surface area contributed by atoms with Gasteiger partial charge in [0.1, 0.15) is 5.75 Å². The number of alkyl halides is 3. The molecule has 0 fully saturated rings. The van der Waals surface area contributed by atoms with Crippen molar-refractivity contribution in [2.45, 2.75) is 13.1 Å². The zero-order valence-corrected chi connectivity index (χ0v) is 7.26. The number of carbonyl (C=O) groups is 1. The van der Waals surface area contributed by atoms with Crippen molar-refractivity contribution >= 4 is 6.47 Å². The molecule has 0 saturated carbocycles. The van der Waals surface area contributed by atoms with Crippen molar-refractivity contribution in [3.05, 3.63) is 29.3 Å². The third-order valence-electron chi connectivity index (χ3n) is 1.76. The Morgan fingerprint density at radius 1 is 1.36 bits per heavy atom. The van der Waals surface area contributed by atoms with Gasteiger partial charge in [0.2, 0.25) is 0 Å². The Labute approximate surface area is 78.3 Å². The third-order valence-corrected chi connectivity index (χ3v) is 1.76. The van der Waals surface area contributed by atoms with Crippen molar-refractivity contribution < 1.29 is 22.7 Å². The van der Waals surface area contributed by atoms with Crippen molar-refractivity contribution in [3.8, 4) is 5.75 Å². The van der Waals surface area contributed by atoms with E-state index in [2.05, 4.69) is 4.74 Å². The zero-order chi connectivity index (χ0) is 10.8. The molecule has 76 valence electrons. The van der Waals surface area contributed by atoms with Gasteiger partial charge in [0.25, 0.3) is 6.47 Å². The van der Waals surface area contributed by atoms with E-state index in [-0.39, 0.29) is 17.8 Å². The van der Waals surface area contributed by atoms with Crippen molar-refractivity contribution in [1.29, 1.82) is 0 Å². The highest BCUT2D eigenvalue weighted by Gasteiger charge is 2.33. The molecule has 5 heteroatoms. The second-order valence-electron chi connectivity index (χ2n) is 2.64. The lowest BCUT2D eigenvalue weighted by Crippen LogP contribution is -2.08. The number of hydrogen-bond acceptors (Lipinski definition) is 2. The average Bonchev–Trinajstić information content (AvgIpc) is 2.07. The molecule has 0 saturated heterocycles. The lowest BCUT2D eigenvalue weighted by molar-refractivity contribution is -0.138. The maximum absolute atomic E-state index is 12.3. The van der Waals surface area contributed by atoms with Crippen molar-refractivity contribution in [1.82, 2.24) is 0 Å². The van der Waals surface area contributed by atoms with Gasteiger partial charge in [0, 0.05) is 5.56 Å². The summed E-state index contributed by atoms with van der Waals surface area (Å²) in [6, 6.07) is 3.43. The molecule has 1 rings (SSSR count). The number of benzene rings is 1. The van der Waals surface area contributed by atoms with Gasteiger partial charge in [-0.3, -0.25) is 4.79 Å². The van der Waals surface area contributed by atoms with Crippen LogP contribution in [0.1, 0.15) is 11.1 Å². The largest absolute Gasteiger partial charge is 0.428 e. The highest BCUT2D eigenvalue weighted by molar-refractivity contribution is 5.50. The van der Waals surface area contributed by atoms with Crippen LogP contribution in [0.5, 0.6) is 5.75 Å². The topological polar surface area (TPSA) is 26.3 Å². The van der Waals surface area contributed by atoms with Crippen LogP contribution in [0.25, 0.3) is 0 Å². The van der Waals surface area contributed by atoms with Crippen molar-refractivity contribution in [2.24, 2.45) is 0 Å². The van der Waals surface area contributed by atoms with E-state index in [1.807, 2.05) is 0 Å². The molecule has 0 heterocycles. The molecular weight excluding hydrogens is 197 g/mol. The van der Waals surface area contributed by atoms with Crippen LogP contribution in [-0.2, 0) is 11.0 Å². The van der Waals surface area contributed by atoms with Gasteiger partial charge >= 0.3 is 6.18 Å². The molecule has 0 spiro atoms. The van der Waals surface area contributed by atoms with E-state index in [4.69, 9.17) is 0 Å². The number of ether oxygens (including phenoxy) is 1. The Hall–Kier alpha value is -1.52. The first kappa shape index (κ1) is 10.6. The highest BCUT2D eigenvalue weighted by atomic mass is 19.4. The van der Waals surface area contributed by atoms with E-state index in [0.717, 1.165) is 6.07 Å². The Morgan fingerprint density at radius 3 is 2.50 bits per heavy atom. The van der Waals surface area contributed by atoms with Gasteiger partial charge in [-0.05, 0) is 19.1 Å². The molecule has 0 aromatic heterocycles. The molecule has 0 N–H and O–H groups in total. The summed E-state index contributed by atoms with van der Waals surface area (Å²) >= 11 is 0. The SMILES string of the molecule is Cc1c(OC=O)cccc1C(F)(F)F. The van der Waals surface area contributed by atoms with Gasteiger partial charge in [-0.1, -0.05) is 6.07 Å². The minimum Gasteiger partial charge on any atom is -0.428 e. The summed E-state index contributed by atoms with van der Waals surface area (Å²) in [7, 11) is 0. The number of carbonyl (C=O) groups excluding carboxylic acids is 1. The molecule has 1 aromatic rings. The Balaban J connectivity index is 3.20. The molecule has 0 aliphatic rings. The molecule has 14 heavy (non-hydrogen) atoms. The summed E-state index contributed by atoms with van der Waals surface area (Å²) in [4.78, 5) is 9.98. The van der Waals surface area contributed by atoms with Crippen LogP contribution < -0.4 is 4.74 Å². The summed E-state index contributed by atoms with van der Waals surface area (Å²) in [6.45, 7) is 1.35. The van der Waals surface area contributed by atoms with Crippen molar-refractivity contribution in [3.63, 3.8) is 0 Å². The minimum absolute atomic E-state index is 0.0742. The van der Waals surface area contributed by atoms with Crippen LogP contribution in [0.2, 0.25) is 0 Å². The molecular formula is C9H7F3O2. The third kappa shape index (κ3) is 2.04. The van der Waals surface area contributed by atoms with Crippen molar-refractivity contribution in [2.75, 3.05) is 0 Å². The van der Waals surface area contributed by atoms with E-state index in [1.165, 1.54) is 19.1 Å². The molecule has 2 nitrogen and oxygen atoms in total. The molecule has 0 unspecified atom stereocenters. The fraction of sp³-hybridized carbons (Fsp3) is 0.222. The minimum atomic E-state index is -4.42. The predicted molar refractivity (Wildman–Crippen MR) is 42.9 cm³/mol. The normalized spacial score (nSPS) is 11.1. The molecule has 0 radical (unpaired) electrons. The van der Waals surface area contributed by atoms with E-state index in [0.29, 0.717) is 0 Å². The van der Waals surface area contributed by atoms with Gasteiger partial charge in [-0.2, -0.15) is 13.2 Å². The molecule has 0 atom stereocenters. The Bertz CT molecular complexity index is 344. The number of rotatable bonds is 2. The van der Waals surface area contributed by atoms with Gasteiger partial charge in [-0.15, -0.1) is 0 Å². The zero-order valence-electron chi connectivity index (χ0n) is 7.26. The summed E-state index contributed by atoms with van der Waals surface area (Å²) in [6.07, 6.45) is -4.42. The highest BCUT2D eigenvalue weighted by Crippen LogP contribution is 2.35. The standard InChI is InChI=1S/C9H7F3O2/c1-6-7(9(10,11)12)3-2-4-8(6)14-5-13/h2-5H,1H3. The fourth-order valence-electron chi connectivity index (χ4n) is 1.10. The predicted octanol–water partition coefficient (Wildman–Crippen LogP) is 2.55. The summed E-state index contributed by atoms with van der Waals surface area (Å²) in [5, 5.41) is 0. The Morgan fingerprint density at radius 2 is 2.00 bits per heavy atom. The average molecular weight is 204 g/mol. The van der Waals surface area contributed by atoms with Crippen LogP contribution in [0.3, 0.4) is 0 Å². The first-order chi connectivity index (χ1) is 6.46. The summed E-state index contributed by atoms with van der Waals surface area (Å²) in [5.41, 5.74) is -0.885. The number of halogens is 3. The first-order valence-corrected chi connectivity index (χ1v) is 3.74. The van der Waals surface area contributed by atoms with Crippen LogP contribution >= 0.6 is 0 Å². The molecule has 0 aliphatic heterocycles. The smallest absolute Gasteiger partial charge is 0.416 e. The quantitative estimate of drug-likeness (QED) is 0.692. The molecule has 1 aromatic carbocycles. The first-order valence-electron chi connectivity index (χ1n) is 3.74. The Kier molecular flexibility index (Phi) is 2.78. The summed E-state index contributed by atoms with van der Waals surface area (Å²) in [5.74, 6) is -0.0742. The van der Waals surface area contributed by atoms with Gasteiger partial charge in [0.05, 0.1) is 5.56 Å². The van der Waals surface area contributed by atoms with Gasteiger partial charge < -0.3 is 4.74 Å². The number of hydrogen-bond donors (Lipinski definition) is 0. The van der Waals surface area contributed by atoms with Crippen LogP contribution in [0, 0.1) is 6.92 Å². The molecule has 0 amide bonds. The van der Waals surface area contributed by atoms with Gasteiger partial charge in [0.15, 0.2) is 0 Å². The van der Waals surface area contributed by atoms with E-state index in [9.17, 15) is 18.0 Å². The van der Waals surface area contributed by atoms with Crippen LogP contribution in [-0.4, -0.2) is 6.47 Å². The second kappa shape index (κ2) is 3.69. The second-order valence-corrected chi connectivity index (χ2v) is 2.64. The maximum Gasteiger partial charge on any atom is 0.416 e. The van der Waals surface area contributed by atoms with E-state index >= 15 is 0 Å². The van der Waals surface area contributed by atoms with Crippen LogP contribution in [0.4, 0.5) is 13.2 Å². The summed E-state index contributed by atoms with van der Waals surface area (Å²) < 4.78 is 41.4. The molecule has 0 bridgehead atoms. The lowest BCUT2D eigenvalue weighted by atomic mass is 10.1. The van der Waals surface area contributed by atoms with Crippen LogP contribution in [0.15, 0.2) is 18.2 Å². The van der Waals surface area contributed by atoms with E-state index < -0.39 is 11.7 Å². The van der Waals surface area contributed by atoms with E-state index in [1.54, 1.807) is 0 Å². The maximum atomic E-state index is 12.3. The fourth-order valence-corrected chi connectivity index (χ4v) is 1.10.